The van der Waals surface area contributed by atoms with Crippen molar-refractivity contribution in [2.45, 2.75) is 36.9 Å². The number of hydrogen-bond acceptors (Lipinski definition) is 8. The number of ether oxygens (including phenoxy) is 4. The number of fused-ring (bicyclic) bond motifs is 2. The zero-order valence-electron chi connectivity index (χ0n) is 22.6. The smallest absolute Gasteiger partial charge is 0.203 e. The number of aliphatic hydroxyl groups is 1. The number of halogens is 1. The van der Waals surface area contributed by atoms with Crippen LogP contribution in [0.25, 0.3) is 22.3 Å². The van der Waals surface area contributed by atoms with Gasteiger partial charge in [-0.1, -0.05) is 41.9 Å². The van der Waals surface area contributed by atoms with Crippen molar-refractivity contribution in [2.75, 3.05) is 38.3 Å². The summed E-state index contributed by atoms with van der Waals surface area (Å²) >= 11 is 6.75. The Morgan fingerprint density at radius 3 is 2.68 bits per heavy atom. The number of nitrogens with one attached hydrogen (secondary N) is 1. The van der Waals surface area contributed by atoms with Gasteiger partial charge in [-0.15, -0.1) is 0 Å². The molecule has 10 heteroatoms. The van der Waals surface area contributed by atoms with Crippen LogP contribution in [0.5, 0.6) is 11.6 Å². The molecule has 5 atom stereocenters. The molecular weight excluding hydrogens is 544 g/mol. The third-order valence-corrected chi connectivity index (χ3v) is 8.22. The van der Waals surface area contributed by atoms with Gasteiger partial charge in [0.05, 0.1) is 41.6 Å². The minimum Gasteiger partial charge on any atom is -0.489 e. The summed E-state index contributed by atoms with van der Waals surface area (Å²) < 4.78 is 23.9. The van der Waals surface area contributed by atoms with E-state index in [1.54, 1.807) is 13.3 Å². The number of aliphatic imine (C=N–C) groups is 1. The summed E-state index contributed by atoms with van der Waals surface area (Å²) in [4.78, 5) is 14.8. The molecule has 2 aromatic carbocycles. The first kappa shape index (κ1) is 26.3. The van der Waals surface area contributed by atoms with Gasteiger partial charge >= 0.3 is 0 Å². The Morgan fingerprint density at radius 1 is 1.07 bits per heavy atom. The topological polar surface area (TPSA) is 101 Å². The van der Waals surface area contributed by atoms with Crippen LogP contribution in [0.3, 0.4) is 0 Å². The van der Waals surface area contributed by atoms with Crippen LogP contribution in [0.4, 0.5) is 5.69 Å². The third-order valence-electron chi connectivity index (χ3n) is 7.93. The number of aliphatic hydroxyl groups excluding tert-OH is 1. The van der Waals surface area contributed by atoms with Gasteiger partial charge in [-0.25, -0.2) is 4.98 Å². The number of aromatic amines is 1. The molecule has 5 heterocycles. The van der Waals surface area contributed by atoms with Gasteiger partial charge in [0.15, 0.2) is 6.10 Å². The summed E-state index contributed by atoms with van der Waals surface area (Å²) in [5.74, 6) is 1.42. The van der Waals surface area contributed by atoms with Crippen LogP contribution in [0.15, 0.2) is 65.7 Å². The number of anilines is 1. The van der Waals surface area contributed by atoms with Gasteiger partial charge in [0.1, 0.15) is 35.7 Å². The predicted octanol–water partition coefficient (Wildman–Crippen LogP) is 4.50. The van der Waals surface area contributed by atoms with E-state index in [1.165, 1.54) is 0 Å². The number of para-hydroxylation sites is 1. The van der Waals surface area contributed by atoms with Gasteiger partial charge < -0.3 is 33.9 Å². The quantitative estimate of drug-likeness (QED) is 0.314. The number of benzene rings is 2. The Balaban J connectivity index is 1.11. The maximum absolute atomic E-state index is 10.1. The van der Waals surface area contributed by atoms with E-state index in [-0.39, 0.29) is 31.0 Å². The van der Waals surface area contributed by atoms with Crippen molar-refractivity contribution in [1.82, 2.24) is 9.97 Å². The van der Waals surface area contributed by atoms with Crippen molar-refractivity contribution in [3.63, 3.8) is 0 Å². The standard InChI is InChI=1S/C31H31ClN4O5/c1-33-14-22-28-24(34-31(22)41-26-17-39-29-25(37)16-38-30(26)29)13-23(32)27(35-28)18-7-9-19(10-8-18)36-12-11-21(15-36)40-20-5-3-2-4-6-20/h2-10,13-14,21,25-26,29-30,34,37H,11-12,15-17H2,1H3/b33-14+/t21-,25+,26+,29+,30+/m0/s1. The summed E-state index contributed by atoms with van der Waals surface area (Å²) in [5, 5.41) is 10.6. The molecule has 2 N–H and O–H groups in total. The molecule has 3 aliphatic heterocycles. The van der Waals surface area contributed by atoms with Crippen molar-refractivity contribution in [3.8, 4) is 22.9 Å². The second kappa shape index (κ2) is 11.0. The summed E-state index contributed by atoms with van der Waals surface area (Å²) in [5.41, 5.74) is 4.90. The lowest BCUT2D eigenvalue weighted by atomic mass is 10.1. The SMILES string of the molecule is C/N=C/c1c(O[C@@H]2CO[C@H]3[C@@H]2OC[C@H]3O)[nH]c2cc(Cl)c(-c3ccc(N4CC[C@H](Oc5ccccc5)C4)cc3)nc12. The lowest BCUT2D eigenvalue weighted by molar-refractivity contribution is 0.00792. The van der Waals surface area contributed by atoms with Crippen molar-refractivity contribution in [2.24, 2.45) is 4.99 Å². The number of aromatic nitrogens is 2. The highest BCUT2D eigenvalue weighted by Gasteiger charge is 2.48. The molecule has 3 fully saturated rings. The molecule has 7 rings (SSSR count). The summed E-state index contributed by atoms with van der Waals surface area (Å²) in [6, 6.07) is 20.2. The van der Waals surface area contributed by atoms with Crippen LogP contribution in [0, 0.1) is 0 Å². The Hall–Kier alpha value is -3.63. The summed E-state index contributed by atoms with van der Waals surface area (Å²) in [7, 11) is 1.71. The van der Waals surface area contributed by atoms with Crippen LogP contribution in [-0.2, 0) is 9.47 Å². The first-order valence-corrected chi connectivity index (χ1v) is 14.2. The maximum Gasteiger partial charge on any atom is 0.203 e. The summed E-state index contributed by atoms with van der Waals surface area (Å²) in [6.45, 7) is 2.34. The number of H-pyrrole nitrogens is 1. The molecule has 0 radical (unpaired) electrons. The number of nitrogens with zero attached hydrogens (tertiary/aromatic N) is 3. The van der Waals surface area contributed by atoms with Crippen LogP contribution in [-0.4, -0.2) is 85.2 Å². The fourth-order valence-electron chi connectivity index (χ4n) is 5.91. The van der Waals surface area contributed by atoms with Crippen molar-refractivity contribution in [3.05, 3.63) is 71.2 Å². The number of rotatable bonds is 7. The highest BCUT2D eigenvalue weighted by molar-refractivity contribution is 6.33. The Labute approximate surface area is 242 Å². The minimum absolute atomic E-state index is 0.159. The number of pyridine rings is 1. The first-order chi connectivity index (χ1) is 20.1. The highest BCUT2D eigenvalue weighted by atomic mass is 35.5. The van der Waals surface area contributed by atoms with Gasteiger partial charge in [0.25, 0.3) is 0 Å². The Bertz CT molecular complexity index is 1560. The summed E-state index contributed by atoms with van der Waals surface area (Å²) in [6.07, 6.45) is 1.15. The molecular formula is C31H31ClN4O5. The highest BCUT2D eigenvalue weighted by Crippen LogP contribution is 2.36. The molecule has 0 amide bonds. The van der Waals surface area contributed by atoms with E-state index in [9.17, 15) is 5.11 Å². The zero-order chi connectivity index (χ0) is 27.9. The van der Waals surface area contributed by atoms with E-state index in [0.717, 1.165) is 47.6 Å². The van der Waals surface area contributed by atoms with Crippen molar-refractivity contribution >= 4 is 34.5 Å². The maximum atomic E-state index is 10.1. The van der Waals surface area contributed by atoms with E-state index in [2.05, 4.69) is 39.1 Å². The first-order valence-electron chi connectivity index (χ1n) is 13.9. The largest absolute Gasteiger partial charge is 0.489 e. The fourth-order valence-corrected chi connectivity index (χ4v) is 6.17. The molecule has 0 unspecified atom stereocenters. The second-order valence-corrected chi connectivity index (χ2v) is 11.0. The van der Waals surface area contributed by atoms with Crippen LogP contribution >= 0.6 is 11.6 Å². The molecule has 0 bridgehead atoms. The van der Waals surface area contributed by atoms with E-state index in [0.29, 0.717) is 28.7 Å². The molecule has 2 aromatic heterocycles. The average molecular weight is 575 g/mol. The Morgan fingerprint density at radius 2 is 1.88 bits per heavy atom. The fraction of sp³-hybridized carbons (Fsp3) is 0.355. The molecule has 0 aliphatic carbocycles. The van der Waals surface area contributed by atoms with Gasteiger partial charge in [-0.05, 0) is 30.3 Å². The third kappa shape index (κ3) is 5.04. The van der Waals surface area contributed by atoms with E-state index in [4.69, 9.17) is 35.5 Å². The lowest BCUT2D eigenvalue weighted by Crippen LogP contribution is -2.34. The molecule has 9 nitrogen and oxygen atoms in total. The average Bonchev–Trinajstić information content (AvgIpc) is 3.76. The van der Waals surface area contributed by atoms with E-state index < -0.39 is 6.10 Å². The minimum atomic E-state index is -0.642. The molecule has 3 aliphatic rings. The Kier molecular flexibility index (Phi) is 7.04. The lowest BCUT2D eigenvalue weighted by Gasteiger charge is -2.19. The molecule has 3 saturated heterocycles. The van der Waals surface area contributed by atoms with Gasteiger partial charge in [0.2, 0.25) is 5.88 Å². The van der Waals surface area contributed by atoms with Crippen LogP contribution in [0.1, 0.15) is 12.0 Å². The monoisotopic (exact) mass is 574 g/mol. The second-order valence-electron chi connectivity index (χ2n) is 10.6. The van der Waals surface area contributed by atoms with Gasteiger partial charge in [-0.3, -0.25) is 4.99 Å². The molecule has 0 spiro atoms. The van der Waals surface area contributed by atoms with E-state index >= 15 is 0 Å². The van der Waals surface area contributed by atoms with Crippen molar-refractivity contribution < 1.29 is 24.1 Å². The molecule has 4 aromatic rings. The molecule has 0 saturated carbocycles. The number of hydrogen-bond donors (Lipinski definition) is 2. The predicted molar refractivity (Wildman–Crippen MR) is 158 cm³/mol. The normalized spacial score (nSPS) is 25.8. The molecule has 212 valence electrons. The van der Waals surface area contributed by atoms with Crippen LogP contribution < -0.4 is 14.4 Å². The van der Waals surface area contributed by atoms with Crippen LogP contribution in [0.2, 0.25) is 5.02 Å². The molecule has 41 heavy (non-hydrogen) atoms. The van der Waals surface area contributed by atoms with E-state index in [1.807, 2.05) is 36.4 Å². The van der Waals surface area contributed by atoms with Gasteiger partial charge in [-0.2, -0.15) is 0 Å². The van der Waals surface area contributed by atoms with Gasteiger partial charge in [0, 0.05) is 37.5 Å². The zero-order valence-corrected chi connectivity index (χ0v) is 23.3. The van der Waals surface area contributed by atoms with Crippen molar-refractivity contribution in [1.29, 1.82) is 0 Å².